The molecule has 2 N–H and O–H groups in total. The van der Waals surface area contributed by atoms with Crippen molar-refractivity contribution in [3.8, 4) is 0 Å². The van der Waals surface area contributed by atoms with Gasteiger partial charge in [-0.1, -0.05) is 25.4 Å². The highest BCUT2D eigenvalue weighted by Crippen LogP contribution is 2.30. The van der Waals surface area contributed by atoms with E-state index < -0.39 is 0 Å². The topological polar surface area (TPSA) is 59.2 Å². The lowest BCUT2D eigenvalue weighted by Crippen LogP contribution is -2.32. The fraction of sp³-hybridized carbons (Fsp3) is 0.571. The third-order valence-corrected chi connectivity index (χ3v) is 4.04. The summed E-state index contributed by atoms with van der Waals surface area (Å²) in [5.41, 5.74) is 6.38. The van der Waals surface area contributed by atoms with E-state index in [4.69, 9.17) is 17.3 Å². The van der Waals surface area contributed by atoms with E-state index in [9.17, 15) is 4.79 Å². The number of likely N-dealkylation sites (tertiary alicyclic amines) is 1. The van der Waals surface area contributed by atoms with Gasteiger partial charge in [0.25, 0.3) is 5.91 Å². The first-order valence-electron chi connectivity index (χ1n) is 6.59. The van der Waals surface area contributed by atoms with E-state index >= 15 is 0 Å². The Bertz CT molecular complexity index is 488. The molecule has 0 spiro atoms. The maximum Gasteiger partial charge on any atom is 0.255 e. The van der Waals surface area contributed by atoms with Gasteiger partial charge in [-0.3, -0.25) is 4.79 Å². The summed E-state index contributed by atoms with van der Waals surface area (Å²) in [4.78, 5) is 18.2. The second-order valence-electron chi connectivity index (χ2n) is 5.90. The van der Waals surface area contributed by atoms with Gasteiger partial charge in [0.15, 0.2) is 0 Å². The second kappa shape index (κ2) is 5.37. The summed E-state index contributed by atoms with van der Waals surface area (Å²) in [5, 5.41) is 0.364. The quantitative estimate of drug-likeness (QED) is 0.861. The molecule has 1 saturated heterocycles. The van der Waals surface area contributed by atoms with Crippen LogP contribution in [0, 0.1) is 5.41 Å². The Morgan fingerprint density at radius 2 is 2.16 bits per heavy atom. The summed E-state index contributed by atoms with van der Waals surface area (Å²) in [6.45, 7) is 6.04. The molecule has 5 heteroatoms. The van der Waals surface area contributed by atoms with Crippen molar-refractivity contribution in [1.82, 2.24) is 9.88 Å². The van der Waals surface area contributed by atoms with Gasteiger partial charge >= 0.3 is 0 Å². The number of pyridine rings is 1. The zero-order chi connectivity index (χ0) is 14.0. The van der Waals surface area contributed by atoms with Crippen LogP contribution in [0.2, 0.25) is 5.02 Å². The van der Waals surface area contributed by atoms with Gasteiger partial charge in [-0.15, -0.1) is 0 Å². The molecule has 0 aliphatic carbocycles. The van der Waals surface area contributed by atoms with Gasteiger partial charge in [-0.05, 0) is 30.7 Å². The molecule has 1 amide bonds. The first-order valence-corrected chi connectivity index (χ1v) is 6.97. The average molecular weight is 282 g/mol. The van der Waals surface area contributed by atoms with Crippen LogP contribution in [-0.2, 0) is 0 Å². The van der Waals surface area contributed by atoms with Crippen LogP contribution < -0.4 is 5.73 Å². The van der Waals surface area contributed by atoms with Gasteiger partial charge in [0.1, 0.15) is 5.82 Å². The van der Waals surface area contributed by atoms with Crippen LogP contribution in [0.1, 0.15) is 43.5 Å². The molecule has 0 unspecified atom stereocenters. The van der Waals surface area contributed by atoms with Crippen molar-refractivity contribution in [1.29, 1.82) is 0 Å². The number of hydrogen-bond donors (Lipinski definition) is 1. The summed E-state index contributed by atoms with van der Waals surface area (Å²) in [7, 11) is 0. The highest BCUT2D eigenvalue weighted by atomic mass is 35.5. The summed E-state index contributed by atoms with van der Waals surface area (Å²) in [5.74, 6) is 0.278. The lowest BCUT2D eigenvalue weighted by molar-refractivity contribution is 0.0757. The molecule has 0 atom stereocenters. The largest absolute Gasteiger partial charge is 0.384 e. The lowest BCUT2D eigenvalue weighted by Gasteiger charge is -2.23. The number of hydrogen-bond acceptors (Lipinski definition) is 3. The number of carbonyl (C=O) groups is 1. The Labute approximate surface area is 118 Å². The van der Waals surface area contributed by atoms with E-state index in [1.54, 1.807) is 6.07 Å². The smallest absolute Gasteiger partial charge is 0.255 e. The number of aromatic nitrogens is 1. The van der Waals surface area contributed by atoms with Crippen LogP contribution in [0.3, 0.4) is 0 Å². The van der Waals surface area contributed by atoms with E-state index in [2.05, 4.69) is 18.8 Å². The Kier molecular flexibility index (Phi) is 3.99. The van der Waals surface area contributed by atoms with Crippen molar-refractivity contribution in [3.63, 3.8) is 0 Å². The molecule has 1 aromatic rings. The minimum absolute atomic E-state index is 0.0446. The van der Waals surface area contributed by atoms with Crippen molar-refractivity contribution in [2.45, 2.75) is 33.1 Å². The van der Waals surface area contributed by atoms with Crippen LogP contribution in [0.25, 0.3) is 0 Å². The fourth-order valence-electron chi connectivity index (χ4n) is 2.42. The van der Waals surface area contributed by atoms with E-state index in [-0.39, 0.29) is 5.91 Å². The van der Waals surface area contributed by atoms with E-state index in [0.717, 1.165) is 32.4 Å². The Balaban J connectivity index is 2.17. The van der Waals surface area contributed by atoms with Crippen LogP contribution in [0.4, 0.5) is 5.82 Å². The first kappa shape index (κ1) is 14.1. The van der Waals surface area contributed by atoms with Gasteiger partial charge in [-0.25, -0.2) is 4.98 Å². The Morgan fingerprint density at radius 1 is 1.42 bits per heavy atom. The molecule has 1 aliphatic rings. The predicted molar refractivity (Wildman–Crippen MR) is 77.2 cm³/mol. The predicted octanol–water partition coefficient (Wildman–Crippen LogP) is 2.97. The van der Waals surface area contributed by atoms with Gasteiger partial charge in [0.2, 0.25) is 0 Å². The lowest BCUT2D eigenvalue weighted by atomic mass is 9.85. The van der Waals surface area contributed by atoms with E-state index in [1.165, 1.54) is 6.20 Å². The summed E-state index contributed by atoms with van der Waals surface area (Å²) < 4.78 is 0. The van der Waals surface area contributed by atoms with Crippen molar-refractivity contribution in [3.05, 3.63) is 22.8 Å². The van der Waals surface area contributed by atoms with Gasteiger partial charge < -0.3 is 10.6 Å². The van der Waals surface area contributed by atoms with E-state index in [0.29, 0.717) is 21.8 Å². The molecule has 0 radical (unpaired) electrons. The maximum atomic E-state index is 12.5. The number of nitrogens with two attached hydrogens (primary N) is 1. The van der Waals surface area contributed by atoms with Crippen LogP contribution in [-0.4, -0.2) is 28.9 Å². The molecule has 2 rings (SSSR count). The van der Waals surface area contributed by atoms with Crippen LogP contribution in [0.5, 0.6) is 0 Å². The van der Waals surface area contributed by atoms with Crippen molar-refractivity contribution < 1.29 is 4.79 Å². The molecule has 0 bridgehead atoms. The van der Waals surface area contributed by atoms with Crippen LogP contribution in [0.15, 0.2) is 12.3 Å². The summed E-state index contributed by atoms with van der Waals surface area (Å²) in [6.07, 6.45) is 4.61. The standard InChI is InChI=1S/C14H20ClN3O/c1-14(2)4-3-6-18(7-5-14)13(19)10-8-12(16)17-9-11(10)15/h8-9H,3-7H2,1-2H3,(H2,16,17). The molecule has 1 aromatic heterocycles. The maximum absolute atomic E-state index is 12.5. The molecular formula is C14H20ClN3O. The molecular weight excluding hydrogens is 262 g/mol. The molecule has 1 fully saturated rings. The highest BCUT2D eigenvalue weighted by Gasteiger charge is 2.26. The van der Waals surface area contributed by atoms with Crippen LogP contribution >= 0.6 is 11.6 Å². The summed E-state index contributed by atoms with van der Waals surface area (Å²) >= 11 is 6.04. The van der Waals surface area contributed by atoms with Crippen molar-refractivity contribution in [2.75, 3.05) is 18.8 Å². The fourth-order valence-corrected chi connectivity index (χ4v) is 2.60. The molecule has 0 saturated carbocycles. The zero-order valence-electron chi connectivity index (χ0n) is 11.4. The monoisotopic (exact) mass is 281 g/mol. The number of carbonyl (C=O) groups excluding carboxylic acids is 1. The minimum Gasteiger partial charge on any atom is -0.384 e. The Morgan fingerprint density at radius 3 is 2.89 bits per heavy atom. The number of halogens is 1. The minimum atomic E-state index is -0.0446. The average Bonchev–Trinajstić information content (AvgIpc) is 2.52. The van der Waals surface area contributed by atoms with Gasteiger partial charge in [0, 0.05) is 19.3 Å². The number of rotatable bonds is 1. The van der Waals surface area contributed by atoms with Crippen molar-refractivity contribution in [2.24, 2.45) is 5.41 Å². The Hall–Kier alpha value is -1.29. The van der Waals surface area contributed by atoms with Crippen molar-refractivity contribution >= 4 is 23.3 Å². The molecule has 0 aromatic carbocycles. The number of nitrogens with zero attached hydrogens (tertiary/aromatic N) is 2. The third kappa shape index (κ3) is 3.38. The molecule has 104 valence electrons. The summed E-state index contributed by atoms with van der Waals surface area (Å²) in [6, 6.07) is 1.56. The molecule has 1 aliphatic heterocycles. The normalized spacial score (nSPS) is 19.0. The number of amides is 1. The number of nitrogen functional groups attached to an aromatic ring is 1. The zero-order valence-corrected chi connectivity index (χ0v) is 12.2. The second-order valence-corrected chi connectivity index (χ2v) is 6.31. The number of anilines is 1. The SMILES string of the molecule is CC1(C)CCCN(C(=O)c2cc(N)ncc2Cl)CC1. The molecule has 19 heavy (non-hydrogen) atoms. The highest BCUT2D eigenvalue weighted by molar-refractivity contribution is 6.33. The van der Waals surface area contributed by atoms with Gasteiger partial charge in [0.05, 0.1) is 10.6 Å². The third-order valence-electron chi connectivity index (χ3n) is 3.73. The van der Waals surface area contributed by atoms with E-state index in [1.807, 2.05) is 4.90 Å². The molecule has 2 heterocycles. The molecule has 4 nitrogen and oxygen atoms in total. The first-order chi connectivity index (χ1) is 8.89. The van der Waals surface area contributed by atoms with Gasteiger partial charge in [-0.2, -0.15) is 0 Å².